The Kier molecular flexibility index (Phi) is 3.84. The molecule has 0 spiro atoms. The molecule has 2 aromatic carbocycles. The summed E-state index contributed by atoms with van der Waals surface area (Å²) in [6.45, 7) is 4.22. The van der Waals surface area contributed by atoms with Gasteiger partial charge in [-0.05, 0) is 28.2 Å². The van der Waals surface area contributed by atoms with Gasteiger partial charge in [-0.15, -0.1) is 0 Å². The first-order chi connectivity index (χ1) is 13.4. The van der Waals surface area contributed by atoms with Gasteiger partial charge in [0.05, 0.1) is 0 Å². The largest absolute Gasteiger partial charge is 0.465 e. The summed E-state index contributed by atoms with van der Waals surface area (Å²) < 4.78 is 6.25. The molecular formula is C25H24O3. The minimum absolute atomic E-state index is 0.115. The van der Waals surface area contributed by atoms with Crippen LogP contribution in [0.3, 0.4) is 0 Å². The van der Waals surface area contributed by atoms with Crippen molar-refractivity contribution >= 4 is 22.3 Å². The van der Waals surface area contributed by atoms with Gasteiger partial charge in [-0.1, -0.05) is 56.3 Å². The third-order valence-electron chi connectivity index (χ3n) is 6.25. The van der Waals surface area contributed by atoms with E-state index in [1.807, 2.05) is 18.2 Å². The number of ether oxygens (including phenoxy) is 1. The molecule has 1 unspecified atom stereocenters. The van der Waals surface area contributed by atoms with Crippen LogP contribution in [0.4, 0.5) is 0 Å². The molecule has 0 fully saturated rings. The number of hydrogen-bond acceptors (Lipinski definition) is 3. The summed E-state index contributed by atoms with van der Waals surface area (Å²) in [6.07, 6.45) is 3.35. The van der Waals surface area contributed by atoms with Crippen LogP contribution in [0.2, 0.25) is 0 Å². The van der Waals surface area contributed by atoms with Gasteiger partial charge in [0.2, 0.25) is 0 Å². The number of ketones is 2. The average molecular weight is 372 g/mol. The van der Waals surface area contributed by atoms with Crippen LogP contribution < -0.4 is 0 Å². The number of fused-ring (bicyclic) bond motifs is 1. The van der Waals surface area contributed by atoms with E-state index >= 15 is 0 Å². The van der Waals surface area contributed by atoms with E-state index in [9.17, 15) is 9.59 Å². The number of hydrogen-bond donors (Lipinski definition) is 0. The highest BCUT2D eigenvalue weighted by molar-refractivity contribution is 6.07. The van der Waals surface area contributed by atoms with Crippen LogP contribution in [0.1, 0.15) is 57.4 Å². The molecule has 1 heterocycles. The Morgan fingerprint density at radius 2 is 1.61 bits per heavy atom. The van der Waals surface area contributed by atoms with Crippen molar-refractivity contribution in [3.8, 4) is 0 Å². The summed E-state index contributed by atoms with van der Waals surface area (Å²) in [7, 11) is 0. The normalized spacial score (nSPS) is 24.1. The van der Waals surface area contributed by atoms with Gasteiger partial charge < -0.3 is 4.74 Å². The van der Waals surface area contributed by atoms with E-state index < -0.39 is 0 Å². The van der Waals surface area contributed by atoms with Crippen molar-refractivity contribution in [1.29, 1.82) is 0 Å². The number of Topliss-reactive ketones (excluding diaryl/α,β-unsaturated/α-hetero) is 2. The van der Waals surface area contributed by atoms with Crippen molar-refractivity contribution in [3.05, 3.63) is 70.7 Å². The monoisotopic (exact) mass is 372 g/mol. The quantitative estimate of drug-likeness (QED) is 0.654. The van der Waals surface area contributed by atoms with Gasteiger partial charge in [-0.3, -0.25) is 9.59 Å². The second-order valence-corrected chi connectivity index (χ2v) is 8.99. The predicted octanol–water partition coefficient (Wildman–Crippen LogP) is 5.60. The van der Waals surface area contributed by atoms with Crippen molar-refractivity contribution in [3.63, 3.8) is 0 Å². The van der Waals surface area contributed by atoms with Crippen molar-refractivity contribution in [2.75, 3.05) is 0 Å². The molecular weight excluding hydrogens is 348 g/mol. The molecule has 2 aliphatic carbocycles. The van der Waals surface area contributed by atoms with E-state index in [1.54, 1.807) is 0 Å². The lowest BCUT2D eigenvalue weighted by atomic mass is 9.67. The fourth-order valence-corrected chi connectivity index (χ4v) is 5.06. The highest BCUT2D eigenvalue weighted by Crippen LogP contribution is 2.51. The van der Waals surface area contributed by atoms with Gasteiger partial charge in [0.1, 0.15) is 11.5 Å². The fourth-order valence-electron chi connectivity index (χ4n) is 5.06. The summed E-state index contributed by atoms with van der Waals surface area (Å²) in [6, 6.07) is 14.4. The lowest BCUT2D eigenvalue weighted by Gasteiger charge is -2.40. The number of carbonyl (C=O) groups excluding carboxylic acids is 2. The minimum atomic E-state index is -0.304. The summed E-state index contributed by atoms with van der Waals surface area (Å²) >= 11 is 0. The SMILES string of the molecule is CC1(C)CC(=O)C2=C(C1)OC1=C(C(=O)CCC1)C2c1cccc2ccccc12. The molecule has 1 aliphatic heterocycles. The minimum Gasteiger partial charge on any atom is -0.465 e. The Labute approximate surface area is 165 Å². The Balaban J connectivity index is 1.79. The molecule has 2 aromatic rings. The van der Waals surface area contributed by atoms with E-state index in [-0.39, 0.29) is 22.9 Å². The van der Waals surface area contributed by atoms with E-state index in [1.165, 1.54) is 0 Å². The molecule has 0 radical (unpaired) electrons. The average Bonchev–Trinajstić information content (AvgIpc) is 2.65. The van der Waals surface area contributed by atoms with Crippen LogP contribution in [0, 0.1) is 5.41 Å². The molecule has 0 saturated heterocycles. The van der Waals surface area contributed by atoms with Gasteiger partial charge in [-0.25, -0.2) is 0 Å². The van der Waals surface area contributed by atoms with E-state index in [4.69, 9.17) is 4.74 Å². The van der Waals surface area contributed by atoms with Gasteiger partial charge in [0.15, 0.2) is 11.6 Å². The number of benzene rings is 2. The highest BCUT2D eigenvalue weighted by atomic mass is 16.5. The van der Waals surface area contributed by atoms with Gasteiger partial charge in [-0.2, -0.15) is 0 Å². The Hall–Kier alpha value is -2.68. The summed E-state index contributed by atoms with van der Waals surface area (Å²) in [5.74, 6) is 1.52. The topological polar surface area (TPSA) is 43.4 Å². The lowest BCUT2D eigenvalue weighted by molar-refractivity contribution is -0.119. The molecule has 142 valence electrons. The van der Waals surface area contributed by atoms with E-state index in [2.05, 4.69) is 38.1 Å². The Morgan fingerprint density at radius 1 is 0.857 bits per heavy atom. The first-order valence-corrected chi connectivity index (χ1v) is 10.1. The van der Waals surface area contributed by atoms with Crippen molar-refractivity contribution < 1.29 is 14.3 Å². The first kappa shape index (κ1) is 17.4. The van der Waals surface area contributed by atoms with E-state index in [0.717, 1.165) is 52.7 Å². The molecule has 0 aromatic heterocycles. The van der Waals surface area contributed by atoms with Crippen LogP contribution in [-0.4, -0.2) is 11.6 Å². The molecule has 3 heteroatoms. The molecule has 3 aliphatic rings. The standard InChI is InChI=1S/C25H24O3/c1-25(2)13-19(27)24-21(14-25)28-20-12-6-11-18(26)23(20)22(24)17-10-5-8-15-7-3-4-9-16(15)17/h3-5,7-10,22H,6,11-14H2,1-2H3. The first-order valence-electron chi connectivity index (χ1n) is 10.1. The second kappa shape index (κ2) is 6.16. The van der Waals surface area contributed by atoms with Crippen LogP contribution in [0.25, 0.3) is 10.8 Å². The third kappa shape index (κ3) is 2.64. The molecule has 0 saturated carbocycles. The van der Waals surface area contributed by atoms with Crippen LogP contribution in [0.5, 0.6) is 0 Å². The molecule has 1 atom stereocenters. The molecule has 28 heavy (non-hydrogen) atoms. The van der Waals surface area contributed by atoms with Gasteiger partial charge in [0, 0.05) is 42.7 Å². The fraction of sp³-hybridized carbons (Fsp3) is 0.360. The van der Waals surface area contributed by atoms with Gasteiger partial charge in [0.25, 0.3) is 0 Å². The van der Waals surface area contributed by atoms with Crippen molar-refractivity contribution in [2.45, 2.75) is 51.9 Å². The zero-order valence-electron chi connectivity index (χ0n) is 16.4. The van der Waals surface area contributed by atoms with Crippen LogP contribution in [-0.2, 0) is 14.3 Å². The zero-order valence-corrected chi connectivity index (χ0v) is 16.4. The van der Waals surface area contributed by atoms with Crippen molar-refractivity contribution in [1.82, 2.24) is 0 Å². The second-order valence-electron chi connectivity index (χ2n) is 8.99. The molecule has 0 N–H and O–H groups in total. The maximum atomic E-state index is 13.3. The zero-order chi connectivity index (χ0) is 19.5. The lowest BCUT2D eigenvalue weighted by Crippen LogP contribution is -2.35. The molecule has 0 bridgehead atoms. The van der Waals surface area contributed by atoms with Gasteiger partial charge >= 0.3 is 0 Å². The Morgan fingerprint density at radius 3 is 2.46 bits per heavy atom. The summed E-state index contributed by atoms with van der Waals surface area (Å²) in [5.41, 5.74) is 2.36. The number of allylic oxidation sites excluding steroid dienone is 4. The smallest absolute Gasteiger partial charge is 0.163 e. The summed E-state index contributed by atoms with van der Waals surface area (Å²) in [4.78, 5) is 26.3. The Bertz CT molecular complexity index is 1080. The third-order valence-corrected chi connectivity index (χ3v) is 6.25. The highest BCUT2D eigenvalue weighted by Gasteiger charge is 2.45. The van der Waals surface area contributed by atoms with Crippen molar-refractivity contribution in [2.24, 2.45) is 5.41 Å². The van der Waals surface area contributed by atoms with E-state index in [0.29, 0.717) is 18.4 Å². The van der Waals surface area contributed by atoms with Crippen LogP contribution in [0.15, 0.2) is 65.1 Å². The molecule has 5 rings (SSSR count). The number of carbonyl (C=O) groups is 2. The van der Waals surface area contributed by atoms with Crippen LogP contribution >= 0.6 is 0 Å². The number of rotatable bonds is 1. The maximum absolute atomic E-state index is 13.3. The molecule has 0 amide bonds. The maximum Gasteiger partial charge on any atom is 0.163 e. The molecule has 3 nitrogen and oxygen atoms in total. The summed E-state index contributed by atoms with van der Waals surface area (Å²) in [5, 5.41) is 2.23. The predicted molar refractivity (Wildman–Crippen MR) is 109 cm³/mol.